The van der Waals surface area contributed by atoms with Crippen molar-refractivity contribution in [2.24, 2.45) is 4.99 Å². The quantitative estimate of drug-likeness (QED) is 0.735. The number of aryl methyl sites for hydroxylation is 1. The number of aliphatic imine (C=N–C) groups is 1. The molecule has 0 N–H and O–H groups in total. The zero-order chi connectivity index (χ0) is 19.7. The highest BCUT2D eigenvalue weighted by Crippen LogP contribution is 2.41. The molecule has 2 saturated heterocycles. The lowest BCUT2D eigenvalue weighted by molar-refractivity contribution is -0.117. The van der Waals surface area contributed by atoms with Gasteiger partial charge in [0, 0.05) is 22.4 Å². The largest absolute Gasteiger partial charge is 0.316 e. The molecular formula is C20H19ClN2O3S2. The minimum atomic E-state index is -3.09. The lowest BCUT2D eigenvalue weighted by Gasteiger charge is -2.24. The Morgan fingerprint density at radius 2 is 1.93 bits per heavy atom. The van der Waals surface area contributed by atoms with Crippen molar-refractivity contribution in [2.75, 3.05) is 16.4 Å². The van der Waals surface area contributed by atoms with Gasteiger partial charge in [0.1, 0.15) is 0 Å². The molecule has 2 aliphatic heterocycles. The van der Waals surface area contributed by atoms with Crippen LogP contribution in [0, 0.1) is 0 Å². The van der Waals surface area contributed by atoms with Gasteiger partial charge in [-0.15, -0.1) is 0 Å². The van der Waals surface area contributed by atoms with Gasteiger partial charge in [-0.2, -0.15) is 4.99 Å². The third kappa shape index (κ3) is 4.26. The molecule has 2 atom stereocenters. The van der Waals surface area contributed by atoms with Crippen LogP contribution in [0.2, 0.25) is 5.02 Å². The van der Waals surface area contributed by atoms with E-state index in [4.69, 9.17) is 11.6 Å². The predicted octanol–water partition coefficient (Wildman–Crippen LogP) is 3.57. The number of hydrogen-bond donors (Lipinski definition) is 0. The summed E-state index contributed by atoms with van der Waals surface area (Å²) < 4.78 is 24.2. The highest BCUT2D eigenvalue weighted by molar-refractivity contribution is 8.16. The number of sulfone groups is 1. The van der Waals surface area contributed by atoms with Crippen LogP contribution >= 0.6 is 23.4 Å². The second kappa shape index (κ2) is 7.89. The molecule has 2 fully saturated rings. The van der Waals surface area contributed by atoms with Gasteiger partial charge in [0.05, 0.1) is 17.5 Å². The molecule has 4 rings (SSSR count). The minimum absolute atomic E-state index is 0.0639. The van der Waals surface area contributed by atoms with Crippen LogP contribution in [0.15, 0.2) is 59.6 Å². The molecule has 0 bridgehead atoms. The van der Waals surface area contributed by atoms with Crippen molar-refractivity contribution in [1.29, 1.82) is 0 Å². The average molecular weight is 435 g/mol. The molecule has 0 aliphatic carbocycles. The molecule has 146 valence electrons. The van der Waals surface area contributed by atoms with E-state index in [2.05, 4.69) is 4.99 Å². The molecular weight excluding hydrogens is 416 g/mol. The minimum Gasteiger partial charge on any atom is -0.316 e. The van der Waals surface area contributed by atoms with Gasteiger partial charge in [-0.3, -0.25) is 4.79 Å². The molecule has 2 aromatic rings. The maximum absolute atomic E-state index is 12.5. The van der Waals surface area contributed by atoms with E-state index < -0.39 is 9.84 Å². The fourth-order valence-corrected chi connectivity index (χ4v) is 7.67. The predicted molar refractivity (Wildman–Crippen MR) is 115 cm³/mol. The summed E-state index contributed by atoms with van der Waals surface area (Å²) in [6, 6.07) is 16.8. The molecule has 2 aliphatic rings. The Bertz CT molecular complexity index is 1020. The third-order valence-corrected chi connectivity index (χ3v) is 8.29. The number of rotatable bonds is 4. The SMILES string of the molecule is O=C(CCc1ccccc1)N=C1SC2CS(=O)(=O)CC2N1c1cccc(Cl)c1. The summed E-state index contributed by atoms with van der Waals surface area (Å²) in [5.41, 5.74) is 1.85. The van der Waals surface area contributed by atoms with Gasteiger partial charge in [0.25, 0.3) is 0 Å². The lowest BCUT2D eigenvalue weighted by atomic mass is 10.1. The molecule has 2 aromatic carbocycles. The number of fused-ring (bicyclic) bond motifs is 1. The van der Waals surface area contributed by atoms with Crippen LogP contribution in [0.25, 0.3) is 0 Å². The van der Waals surface area contributed by atoms with E-state index >= 15 is 0 Å². The van der Waals surface area contributed by atoms with E-state index in [9.17, 15) is 13.2 Å². The summed E-state index contributed by atoms with van der Waals surface area (Å²) in [6.45, 7) is 0. The topological polar surface area (TPSA) is 66.8 Å². The van der Waals surface area contributed by atoms with Crippen molar-refractivity contribution in [1.82, 2.24) is 0 Å². The number of carbonyl (C=O) groups is 1. The first-order valence-corrected chi connectivity index (χ1v) is 12.1. The Hall–Kier alpha value is -1.83. The summed E-state index contributed by atoms with van der Waals surface area (Å²) in [5, 5.41) is 0.997. The van der Waals surface area contributed by atoms with E-state index in [0.717, 1.165) is 11.3 Å². The smallest absolute Gasteiger partial charge is 0.248 e. The number of amidine groups is 1. The van der Waals surface area contributed by atoms with Crippen molar-refractivity contribution in [3.8, 4) is 0 Å². The first-order valence-electron chi connectivity index (χ1n) is 8.99. The summed E-state index contributed by atoms with van der Waals surface area (Å²) in [6.07, 6.45) is 0.935. The number of thioether (sulfide) groups is 1. The highest BCUT2D eigenvalue weighted by atomic mass is 35.5. The van der Waals surface area contributed by atoms with E-state index in [1.54, 1.807) is 12.1 Å². The van der Waals surface area contributed by atoms with Crippen molar-refractivity contribution >= 4 is 50.0 Å². The summed E-state index contributed by atoms with van der Waals surface area (Å²) in [7, 11) is -3.09. The highest BCUT2D eigenvalue weighted by Gasteiger charge is 2.49. The van der Waals surface area contributed by atoms with Gasteiger partial charge in [-0.05, 0) is 30.2 Å². The number of halogens is 1. The number of anilines is 1. The molecule has 2 unspecified atom stereocenters. The zero-order valence-electron chi connectivity index (χ0n) is 15.0. The fraction of sp³-hybridized carbons (Fsp3) is 0.300. The van der Waals surface area contributed by atoms with Crippen LogP contribution in [0.5, 0.6) is 0 Å². The Morgan fingerprint density at radius 1 is 1.14 bits per heavy atom. The number of nitrogens with zero attached hydrogens (tertiary/aromatic N) is 2. The van der Waals surface area contributed by atoms with Crippen LogP contribution in [-0.2, 0) is 21.1 Å². The summed E-state index contributed by atoms with van der Waals surface area (Å²) >= 11 is 7.51. The fourth-order valence-electron chi connectivity index (χ4n) is 3.55. The number of carbonyl (C=O) groups excluding carboxylic acids is 1. The van der Waals surface area contributed by atoms with Gasteiger partial charge >= 0.3 is 0 Å². The first kappa shape index (κ1) is 19.5. The second-order valence-corrected chi connectivity index (χ2v) is 10.7. The van der Waals surface area contributed by atoms with E-state index in [1.807, 2.05) is 47.4 Å². The molecule has 28 heavy (non-hydrogen) atoms. The molecule has 8 heteroatoms. The summed E-state index contributed by atoms with van der Waals surface area (Å²) in [4.78, 5) is 18.7. The van der Waals surface area contributed by atoms with Crippen LogP contribution < -0.4 is 4.90 Å². The number of benzene rings is 2. The van der Waals surface area contributed by atoms with Gasteiger partial charge in [-0.1, -0.05) is 59.8 Å². The number of amides is 1. The maximum Gasteiger partial charge on any atom is 0.248 e. The molecule has 2 heterocycles. The van der Waals surface area contributed by atoms with Crippen LogP contribution in [0.4, 0.5) is 5.69 Å². The maximum atomic E-state index is 12.5. The standard InChI is InChI=1S/C20H19ClN2O3S2/c21-15-7-4-8-16(11-15)23-17-12-28(25,26)13-18(17)27-20(23)22-19(24)10-9-14-5-2-1-3-6-14/h1-8,11,17-18H,9-10,12-13H2. The van der Waals surface area contributed by atoms with Gasteiger partial charge in [0.15, 0.2) is 15.0 Å². The lowest BCUT2D eigenvalue weighted by Crippen LogP contribution is -2.37. The normalized spacial score (nSPS) is 24.5. The second-order valence-electron chi connectivity index (χ2n) is 6.92. The van der Waals surface area contributed by atoms with E-state index in [-0.39, 0.29) is 28.7 Å². The Balaban J connectivity index is 1.58. The molecule has 1 amide bonds. The van der Waals surface area contributed by atoms with Gasteiger partial charge in [0.2, 0.25) is 5.91 Å². The van der Waals surface area contributed by atoms with Crippen LogP contribution in [0.3, 0.4) is 0 Å². The Labute approximate surface area is 173 Å². The third-order valence-electron chi connectivity index (χ3n) is 4.84. The average Bonchev–Trinajstić information content (AvgIpc) is 3.11. The van der Waals surface area contributed by atoms with Crippen molar-refractivity contribution in [3.63, 3.8) is 0 Å². The van der Waals surface area contributed by atoms with Crippen molar-refractivity contribution < 1.29 is 13.2 Å². The van der Waals surface area contributed by atoms with Crippen LogP contribution in [0.1, 0.15) is 12.0 Å². The van der Waals surface area contributed by atoms with Crippen LogP contribution in [-0.4, -0.2) is 42.3 Å². The first-order chi connectivity index (χ1) is 13.4. The van der Waals surface area contributed by atoms with Gasteiger partial charge < -0.3 is 4.90 Å². The summed E-state index contributed by atoms with van der Waals surface area (Å²) in [5.74, 6) is -0.0356. The molecule has 0 radical (unpaired) electrons. The number of hydrogen-bond acceptors (Lipinski definition) is 4. The zero-order valence-corrected chi connectivity index (χ0v) is 17.4. The molecule has 5 nitrogen and oxygen atoms in total. The molecule has 0 saturated carbocycles. The molecule has 0 aromatic heterocycles. The van der Waals surface area contributed by atoms with Crippen molar-refractivity contribution in [3.05, 3.63) is 65.2 Å². The van der Waals surface area contributed by atoms with E-state index in [1.165, 1.54) is 11.8 Å². The Morgan fingerprint density at radius 3 is 2.68 bits per heavy atom. The van der Waals surface area contributed by atoms with Gasteiger partial charge in [-0.25, -0.2) is 8.42 Å². The molecule has 0 spiro atoms. The van der Waals surface area contributed by atoms with E-state index in [0.29, 0.717) is 23.0 Å². The Kier molecular flexibility index (Phi) is 5.49. The van der Waals surface area contributed by atoms with Crippen molar-refractivity contribution in [2.45, 2.75) is 24.1 Å². The monoisotopic (exact) mass is 434 g/mol.